The molecular formula is C14H13N3O4S. The number of esters is 1. The van der Waals surface area contributed by atoms with Crippen molar-refractivity contribution in [3.05, 3.63) is 35.4 Å². The average Bonchev–Trinajstić information content (AvgIpc) is 2.78. The third kappa shape index (κ3) is 2.77. The van der Waals surface area contributed by atoms with Gasteiger partial charge in [0, 0.05) is 13.8 Å². The number of aryl methyl sites for hydroxylation is 1. The lowest BCUT2D eigenvalue weighted by Gasteiger charge is -2.28. The summed E-state index contributed by atoms with van der Waals surface area (Å²) in [5.41, 5.74) is 1.53. The molecule has 0 amide bonds. The molecule has 1 aromatic carbocycles. The van der Waals surface area contributed by atoms with Gasteiger partial charge in [-0.2, -0.15) is 0 Å². The van der Waals surface area contributed by atoms with Gasteiger partial charge in [-0.05, 0) is 24.6 Å². The van der Waals surface area contributed by atoms with Crippen LogP contribution in [0.3, 0.4) is 0 Å². The standard InChI is InChI=1S/C14H13N3O4S/c1-7-4-5-8-9(6-7)22-13(15-8)17-16-10-11(18)20-14(2,3)21-12(10)19/h4-6,18H,1-3H3. The second-order valence-corrected chi connectivity index (χ2v) is 6.22. The Kier molecular flexibility index (Phi) is 3.32. The van der Waals surface area contributed by atoms with Crippen molar-refractivity contribution in [1.82, 2.24) is 4.98 Å². The number of nitrogens with zero attached hydrogens (tertiary/aromatic N) is 3. The van der Waals surface area contributed by atoms with E-state index >= 15 is 0 Å². The maximum absolute atomic E-state index is 11.8. The normalized spacial score (nSPS) is 17.9. The van der Waals surface area contributed by atoms with Crippen molar-refractivity contribution in [2.45, 2.75) is 26.6 Å². The lowest BCUT2D eigenvalue weighted by molar-refractivity contribution is -0.222. The van der Waals surface area contributed by atoms with Crippen LogP contribution in [0.5, 0.6) is 0 Å². The predicted octanol–water partition coefficient (Wildman–Crippen LogP) is 3.73. The van der Waals surface area contributed by atoms with Crippen LogP contribution in [0, 0.1) is 6.92 Å². The molecule has 0 spiro atoms. The van der Waals surface area contributed by atoms with Gasteiger partial charge in [0.15, 0.2) is 0 Å². The van der Waals surface area contributed by atoms with E-state index in [1.807, 2.05) is 25.1 Å². The first-order valence-electron chi connectivity index (χ1n) is 6.48. The number of ether oxygens (including phenoxy) is 2. The summed E-state index contributed by atoms with van der Waals surface area (Å²) in [6.45, 7) is 5.00. The van der Waals surface area contributed by atoms with E-state index in [1.54, 1.807) is 0 Å². The largest absolute Gasteiger partial charge is 0.479 e. The number of fused-ring (bicyclic) bond motifs is 1. The average molecular weight is 319 g/mol. The van der Waals surface area contributed by atoms with Crippen molar-refractivity contribution >= 4 is 32.7 Å². The van der Waals surface area contributed by atoms with Gasteiger partial charge in [0.25, 0.3) is 11.5 Å². The molecule has 1 N–H and O–H groups in total. The van der Waals surface area contributed by atoms with Crippen LogP contribution in [-0.4, -0.2) is 21.8 Å². The van der Waals surface area contributed by atoms with Crippen LogP contribution in [0.25, 0.3) is 10.2 Å². The van der Waals surface area contributed by atoms with Gasteiger partial charge in [-0.15, -0.1) is 10.2 Å². The molecule has 2 heterocycles. The van der Waals surface area contributed by atoms with Crippen LogP contribution in [0.2, 0.25) is 0 Å². The van der Waals surface area contributed by atoms with Gasteiger partial charge < -0.3 is 14.6 Å². The molecule has 2 aromatic rings. The smallest absolute Gasteiger partial charge is 0.369 e. The van der Waals surface area contributed by atoms with Gasteiger partial charge in [-0.1, -0.05) is 17.4 Å². The highest BCUT2D eigenvalue weighted by molar-refractivity contribution is 7.21. The molecular weight excluding hydrogens is 306 g/mol. The molecule has 22 heavy (non-hydrogen) atoms. The first-order valence-corrected chi connectivity index (χ1v) is 7.30. The topological polar surface area (TPSA) is 93.4 Å². The Hall–Kier alpha value is -2.48. The summed E-state index contributed by atoms with van der Waals surface area (Å²) in [4.78, 5) is 16.0. The molecule has 0 atom stereocenters. The summed E-state index contributed by atoms with van der Waals surface area (Å²) in [5.74, 6) is -2.63. The number of rotatable bonds is 2. The quantitative estimate of drug-likeness (QED) is 0.672. The number of azo groups is 1. The fourth-order valence-electron chi connectivity index (χ4n) is 1.90. The molecule has 0 radical (unpaired) electrons. The van der Waals surface area contributed by atoms with E-state index in [2.05, 4.69) is 15.2 Å². The van der Waals surface area contributed by atoms with Crippen LogP contribution in [-0.2, 0) is 14.3 Å². The van der Waals surface area contributed by atoms with Crippen molar-refractivity contribution in [1.29, 1.82) is 0 Å². The fraction of sp³-hybridized carbons (Fsp3) is 0.286. The van der Waals surface area contributed by atoms with E-state index in [9.17, 15) is 9.90 Å². The number of aliphatic hydroxyl groups excluding tert-OH is 1. The van der Waals surface area contributed by atoms with E-state index in [0.29, 0.717) is 5.13 Å². The van der Waals surface area contributed by atoms with Crippen molar-refractivity contribution in [2.75, 3.05) is 0 Å². The molecule has 0 saturated carbocycles. The zero-order valence-corrected chi connectivity index (χ0v) is 13.0. The van der Waals surface area contributed by atoms with Crippen LogP contribution in [0.15, 0.2) is 40.1 Å². The fourth-order valence-corrected chi connectivity index (χ4v) is 2.79. The summed E-state index contributed by atoms with van der Waals surface area (Å²) in [6.07, 6.45) is 0. The van der Waals surface area contributed by atoms with Gasteiger partial charge in [-0.25, -0.2) is 9.78 Å². The first kappa shape index (κ1) is 14.5. The van der Waals surface area contributed by atoms with E-state index < -0.39 is 17.7 Å². The maximum Gasteiger partial charge on any atom is 0.369 e. The van der Waals surface area contributed by atoms with E-state index in [1.165, 1.54) is 25.2 Å². The summed E-state index contributed by atoms with van der Waals surface area (Å²) in [5, 5.41) is 17.7. The van der Waals surface area contributed by atoms with E-state index in [4.69, 9.17) is 9.47 Å². The van der Waals surface area contributed by atoms with Crippen molar-refractivity contribution in [2.24, 2.45) is 10.2 Å². The summed E-state index contributed by atoms with van der Waals surface area (Å²) < 4.78 is 11.0. The SMILES string of the molecule is Cc1ccc2nc(N=NC3=C(O)OC(C)(C)OC3=O)sc2c1. The molecule has 0 fully saturated rings. The third-order valence-corrected chi connectivity index (χ3v) is 3.75. The minimum atomic E-state index is -1.23. The molecule has 0 bridgehead atoms. The Labute approximate surface area is 129 Å². The number of carbonyl (C=O) groups excluding carboxylic acids is 1. The Balaban J connectivity index is 1.90. The van der Waals surface area contributed by atoms with E-state index in [-0.39, 0.29) is 5.70 Å². The summed E-state index contributed by atoms with van der Waals surface area (Å²) in [7, 11) is 0. The predicted molar refractivity (Wildman–Crippen MR) is 79.8 cm³/mol. The molecule has 114 valence electrons. The van der Waals surface area contributed by atoms with Crippen molar-refractivity contribution in [3.63, 3.8) is 0 Å². The third-order valence-electron chi connectivity index (χ3n) is 2.85. The number of aromatic nitrogens is 1. The van der Waals surface area contributed by atoms with Gasteiger partial charge in [-0.3, -0.25) is 0 Å². The Morgan fingerprint density at radius 2 is 2.05 bits per heavy atom. The lowest BCUT2D eigenvalue weighted by Crippen LogP contribution is -2.36. The van der Waals surface area contributed by atoms with Crippen LogP contribution < -0.4 is 0 Å². The molecule has 3 rings (SSSR count). The minimum Gasteiger partial charge on any atom is -0.479 e. The number of hydrogen-bond acceptors (Lipinski definition) is 8. The van der Waals surface area contributed by atoms with Gasteiger partial charge in [0.1, 0.15) is 0 Å². The van der Waals surface area contributed by atoms with Crippen LogP contribution in [0.1, 0.15) is 19.4 Å². The van der Waals surface area contributed by atoms with Crippen molar-refractivity contribution in [3.8, 4) is 0 Å². The second kappa shape index (κ2) is 5.06. The number of carbonyl (C=O) groups is 1. The first-order chi connectivity index (χ1) is 10.3. The highest BCUT2D eigenvalue weighted by Gasteiger charge is 2.36. The molecule has 1 aromatic heterocycles. The van der Waals surface area contributed by atoms with Crippen LogP contribution in [0.4, 0.5) is 5.13 Å². The van der Waals surface area contributed by atoms with Gasteiger partial charge in [0.05, 0.1) is 10.2 Å². The Bertz CT molecular complexity index is 823. The number of hydrogen-bond donors (Lipinski definition) is 1. The number of cyclic esters (lactones) is 1. The second-order valence-electron chi connectivity index (χ2n) is 5.21. The zero-order chi connectivity index (χ0) is 15.9. The maximum atomic E-state index is 11.8. The molecule has 1 aliphatic rings. The van der Waals surface area contributed by atoms with Crippen LogP contribution >= 0.6 is 11.3 Å². The molecule has 0 unspecified atom stereocenters. The highest BCUT2D eigenvalue weighted by Crippen LogP contribution is 2.31. The monoisotopic (exact) mass is 319 g/mol. The van der Waals surface area contributed by atoms with E-state index in [0.717, 1.165) is 15.8 Å². The summed E-state index contributed by atoms with van der Waals surface area (Å²) in [6, 6.07) is 5.83. The lowest BCUT2D eigenvalue weighted by atomic mass is 10.2. The number of thiazole rings is 1. The number of aliphatic hydroxyl groups is 1. The van der Waals surface area contributed by atoms with Crippen molar-refractivity contribution < 1.29 is 19.4 Å². The molecule has 1 aliphatic heterocycles. The van der Waals surface area contributed by atoms with Gasteiger partial charge >= 0.3 is 11.9 Å². The zero-order valence-electron chi connectivity index (χ0n) is 12.2. The molecule has 0 aliphatic carbocycles. The number of benzene rings is 1. The Morgan fingerprint density at radius 1 is 1.27 bits per heavy atom. The highest BCUT2D eigenvalue weighted by atomic mass is 32.1. The summed E-state index contributed by atoms with van der Waals surface area (Å²) >= 11 is 1.33. The molecule has 0 saturated heterocycles. The minimum absolute atomic E-state index is 0.374. The molecule has 7 nitrogen and oxygen atoms in total. The van der Waals surface area contributed by atoms with Gasteiger partial charge in [0.2, 0.25) is 5.13 Å². The Morgan fingerprint density at radius 3 is 2.77 bits per heavy atom. The molecule has 8 heteroatoms.